The second-order valence-electron chi connectivity index (χ2n) is 8.23. The van der Waals surface area contributed by atoms with Crippen LogP contribution < -0.4 is 10.9 Å². The minimum absolute atomic E-state index is 0.0188. The van der Waals surface area contributed by atoms with Crippen LogP contribution in [0.3, 0.4) is 0 Å². The number of sulfonamides is 1. The lowest BCUT2D eigenvalue weighted by molar-refractivity contribution is 0.0169. The molecule has 1 amide bonds. The molecule has 35 heavy (non-hydrogen) atoms. The van der Waals surface area contributed by atoms with Crippen LogP contribution in [0.4, 0.5) is 0 Å². The predicted octanol–water partition coefficient (Wildman–Crippen LogP) is 2.42. The average molecular weight is 519 g/mol. The predicted molar refractivity (Wildman–Crippen MR) is 136 cm³/mol. The summed E-state index contributed by atoms with van der Waals surface area (Å²) in [5, 5.41) is 5.37. The Bertz CT molecular complexity index is 1330. The van der Waals surface area contributed by atoms with E-state index in [2.05, 4.69) is 15.2 Å². The first kappa shape index (κ1) is 25.5. The minimum Gasteiger partial charge on any atom is -0.379 e. The Morgan fingerprint density at radius 3 is 2.60 bits per heavy atom. The lowest BCUT2D eigenvalue weighted by Crippen LogP contribution is -2.43. The van der Waals surface area contributed by atoms with E-state index in [1.807, 2.05) is 17.5 Å². The van der Waals surface area contributed by atoms with Gasteiger partial charge >= 0.3 is 0 Å². The summed E-state index contributed by atoms with van der Waals surface area (Å²) in [5.74, 6) is -0.423. The topological polar surface area (TPSA) is 112 Å². The van der Waals surface area contributed by atoms with Gasteiger partial charge in [-0.05, 0) is 29.6 Å². The Labute approximate surface area is 208 Å². The molecule has 0 saturated carbocycles. The molecule has 0 unspecified atom stereocenters. The molecule has 11 heteroatoms. The van der Waals surface area contributed by atoms with Gasteiger partial charge < -0.3 is 15.0 Å². The molecule has 0 aliphatic carbocycles. The van der Waals surface area contributed by atoms with E-state index in [0.717, 1.165) is 18.0 Å². The van der Waals surface area contributed by atoms with Gasteiger partial charge in [-0.15, -0.1) is 11.3 Å². The van der Waals surface area contributed by atoms with Crippen LogP contribution in [0, 0.1) is 0 Å². The molecule has 1 atom stereocenters. The lowest BCUT2D eigenvalue weighted by Gasteiger charge is -2.34. The number of H-pyrrole nitrogens is 1. The number of nitrogens with one attached hydrogen (secondary N) is 2. The van der Waals surface area contributed by atoms with Crippen LogP contribution in [0.1, 0.15) is 35.1 Å². The van der Waals surface area contributed by atoms with E-state index in [-0.39, 0.29) is 16.5 Å². The second kappa shape index (κ2) is 11.0. The molecule has 2 N–H and O–H groups in total. The summed E-state index contributed by atoms with van der Waals surface area (Å²) < 4.78 is 32.9. The van der Waals surface area contributed by atoms with Gasteiger partial charge in [0.05, 0.1) is 29.7 Å². The fraction of sp³-hybridized carbons (Fsp3) is 0.417. The number of carbonyl (C=O) groups excluding carboxylic acids is 1. The molecule has 4 rings (SSSR count). The van der Waals surface area contributed by atoms with Crippen LogP contribution >= 0.6 is 11.3 Å². The van der Waals surface area contributed by atoms with Gasteiger partial charge in [-0.2, -0.15) is 4.31 Å². The van der Waals surface area contributed by atoms with Crippen LogP contribution in [-0.2, 0) is 14.8 Å². The fourth-order valence-corrected chi connectivity index (χ4v) is 6.70. The Morgan fingerprint density at radius 2 is 1.94 bits per heavy atom. The number of carbonyl (C=O) groups is 1. The number of benzene rings is 1. The Morgan fingerprint density at radius 1 is 1.20 bits per heavy atom. The van der Waals surface area contributed by atoms with Gasteiger partial charge in [0.2, 0.25) is 15.6 Å². The van der Waals surface area contributed by atoms with Crippen molar-refractivity contribution in [1.82, 2.24) is 19.5 Å². The number of aromatic nitrogens is 1. The lowest BCUT2D eigenvalue weighted by atomic mass is 10.1. The third-order valence-corrected chi connectivity index (χ3v) is 9.24. The number of rotatable bonds is 9. The Balaban J connectivity index is 1.65. The number of pyridine rings is 1. The molecule has 3 heterocycles. The van der Waals surface area contributed by atoms with E-state index in [4.69, 9.17) is 4.74 Å². The van der Waals surface area contributed by atoms with Crippen LogP contribution in [-0.4, -0.2) is 74.5 Å². The molecular weight excluding hydrogens is 488 g/mol. The van der Waals surface area contributed by atoms with E-state index in [1.165, 1.54) is 28.6 Å². The summed E-state index contributed by atoms with van der Waals surface area (Å²) in [6, 6.07) is 9.69. The number of ether oxygens (including phenoxy) is 1. The smallest absolute Gasteiger partial charge is 0.252 e. The summed E-state index contributed by atoms with van der Waals surface area (Å²) in [6.07, 6.45) is 0. The highest BCUT2D eigenvalue weighted by Crippen LogP contribution is 2.26. The number of fused-ring (bicyclic) bond motifs is 1. The SMILES string of the molecule is CCN(CC)S(=O)(=O)c1ccc2[nH]c(=O)cc(C(=O)NC[C@H](c3cccs3)N3CCOCC3)c2c1. The first-order valence-corrected chi connectivity index (χ1v) is 14.0. The molecule has 1 saturated heterocycles. The number of amides is 1. The van der Waals surface area contributed by atoms with Crippen molar-refractivity contribution in [1.29, 1.82) is 0 Å². The zero-order valence-electron chi connectivity index (χ0n) is 19.8. The minimum atomic E-state index is -3.72. The van der Waals surface area contributed by atoms with Crippen LogP contribution in [0.5, 0.6) is 0 Å². The van der Waals surface area contributed by atoms with Gasteiger partial charge in [0.15, 0.2) is 0 Å². The number of hydrogen-bond donors (Lipinski definition) is 2. The summed E-state index contributed by atoms with van der Waals surface area (Å²) in [7, 11) is -3.72. The van der Waals surface area contributed by atoms with E-state index >= 15 is 0 Å². The van der Waals surface area contributed by atoms with Crippen molar-refractivity contribution in [2.45, 2.75) is 24.8 Å². The molecular formula is C24H30N4O5S2. The highest BCUT2D eigenvalue weighted by Gasteiger charge is 2.26. The van der Waals surface area contributed by atoms with Gasteiger partial charge in [0.25, 0.3) is 5.91 Å². The summed E-state index contributed by atoms with van der Waals surface area (Å²) in [4.78, 5) is 31.8. The third kappa shape index (κ3) is 5.49. The van der Waals surface area contributed by atoms with Crippen molar-refractivity contribution in [3.63, 3.8) is 0 Å². The molecule has 9 nitrogen and oxygen atoms in total. The average Bonchev–Trinajstić information content (AvgIpc) is 3.39. The van der Waals surface area contributed by atoms with E-state index in [0.29, 0.717) is 43.8 Å². The molecule has 2 aromatic heterocycles. The molecule has 1 aliphatic rings. The quantitative estimate of drug-likeness (QED) is 0.450. The molecule has 1 aliphatic heterocycles. The van der Waals surface area contributed by atoms with Gasteiger partial charge in [-0.3, -0.25) is 14.5 Å². The van der Waals surface area contributed by atoms with Crippen molar-refractivity contribution in [2.24, 2.45) is 0 Å². The van der Waals surface area contributed by atoms with E-state index in [1.54, 1.807) is 25.2 Å². The van der Waals surface area contributed by atoms with Gasteiger partial charge in [0.1, 0.15) is 0 Å². The van der Waals surface area contributed by atoms with Crippen molar-refractivity contribution in [3.8, 4) is 0 Å². The molecule has 3 aromatic rings. The summed E-state index contributed by atoms with van der Waals surface area (Å²) in [5.41, 5.74) is 0.126. The van der Waals surface area contributed by atoms with Crippen molar-refractivity contribution in [2.75, 3.05) is 45.9 Å². The maximum absolute atomic E-state index is 13.3. The van der Waals surface area contributed by atoms with Gasteiger partial charge in [-0.1, -0.05) is 19.9 Å². The maximum atomic E-state index is 13.3. The molecule has 0 radical (unpaired) electrons. The molecule has 1 aromatic carbocycles. The normalized spacial score (nSPS) is 16.0. The molecule has 0 bridgehead atoms. The third-order valence-electron chi connectivity index (χ3n) is 6.22. The number of hydrogen-bond acceptors (Lipinski definition) is 7. The van der Waals surface area contributed by atoms with Crippen molar-refractivity contribution >= 4 is 38.2 Å². The Hall–Kier alpha value is -2.57. The Kier molecular flexibility index (Phi) is 8.02. The van der Waals surface area contributed by atoms with Crippen LogP contribution in [0.2, 0.25) is 0 Å². The molecule has 1 fully saturated rings. The summed E-state index contributed by atoms with van der Waals surface area (Å²) in [6.45, 7) is 7.37. The van der Waals surface area contributed by atoms with Crippen LogP contribution in [0.15, 0.2) is 51.5 Å². The largest absolute Gasteiger partial charge is 0.379 e. The zero-order valence-corrected chi connectivity index (χ0v) is 21.5. The van der Waals surface area contributed by atoms with Crippen molar-refractivity contribution in [3.05, 3.63) is 62.6 Å². The summed E-state index contributed by atoms with van der Waals surface area (Å²) >= 11 is 1.63. The number of thiophene rings is 1. The zero-order chi connectivity index (χ0) is 25.0. The number of aromatic amines is 1. The number of nitrogens with zero attached hydrogens (tertiary/aromatic N) is 2. The molecule has 0 spiro atoms. The van der Waals surface area contributed by atoms with Crippen LogP contribution in [0.25, 0.3) is 10.9 Å². The van der Waals surface area contributed by atoms with Crippen molar-refractivity contribution < 1.29 is 17.9 Å². The highest BCUT2D eigenvalue weighted by molar-refractivity contribution is 7.89. The van der Waals surface area contributed by atoms with E-state index < -0.39 is 21.5 Å². The highest BCUT2D eigenvalue weighted by atomic mass is 32.2. The monoisotopic (exact) mass is 518 g/mol. The first-order chi connectivity index (χ1) is 16.8. The molecule has 188 valence electrons. The standard InChI is InChI=1S/C24H30N4O5S2/c1-3-28(4-2)35(31,32)17-7-8-20-18(14-17)19(15-23(29)26-20)24(30)25-16-21(22-6-5-13-34-22)27-9-11-33-12-10-27/h5-8,13-15,21H,3-4,9-12,16H2,1-2H3,(H,25,30)(H,26,29)/t21-/m1/s1. The first-order valence-electron chi connectivity index (χ1n) is 11.7. The van der Waals surface area contributed by atoms with Gasteiger partial charge in [-0.25, -0.2) is 8.42 Å². The van der Waals surface area contributed by atoms with E-state index in [9.17, 15) is 18.0 Å². The van der Waals surface area contributed by atoms with Gasteiger partial charge in [0, 0.05) is 54.6 Å². The maximum Gasteiger partial charge on any atom is 0.252 e. The second-order valence-corrected chi connectivity index (χ2v) is 11.2. The number of morpholine rings is 1. The fourth-order valence-electron chi connectivity index (χ4n) is 4.36.